The minimum atomic E-state index is -0.558. The summed E-state index contributed by atoms with van der Waals surface area (Å²) in [6.45, 7) is 2.03. The van der Waals surface area contributed by atoms with Gasteiger partial charge in [0.05, 0.1) is 0 Å². The second-order valence-corrected chi connectivity index (χ2v) is 4.93. The predicted molar refractivity (Wildman–Crippen MR) is 72.9 cm³/mol. The largest absolute Gasteiger partial charge is 0.327 e. The fourth-order valence-electron chi connectivity index (χ4n) is 2.13. The lowest BCUT2D eigenvalue weighted by Gasteiger charge is -2.12. The Kier molecular flexibility index (Phi) is 4.27. The molecule has 0 amide bonds. The van der Waals surface area contributed by atoms with Crippen molar-refractivity contribution in [3.63, 3.8) is 0 Å². The van der Waals surface area contributed by atoms with E-state index < -0.39 is 11.6 Å². The lowest BCUT2D eigenvalue weighted by atomic mass is 9.99. The van der Waals surface area contributed by atoms with Crippen molar-refractivity contribution in [2.24, 2.45) is 5.73 Å². The Bertz CT molecular complexity index is 529. The van der Waals surface area contributed by atoms with Crippen molar-refractivity contribution in [3.8, 4) is 0 Å². The zero-order chi connectivity index (χ0) is 13.8. The topological polar surface area (TPSA) is 26.0 Å². The number of aryl methyl sites for hydroxylation is 1. The molecular weight excluding hydrogens is 244 g/mol. The molecule has 0 heterocycles. The summed E-state index contributed by atoms with van der Waals surface area (Å²) in [4.78, 5) is 0. The molecule has 1 unspecified atom stereocenters. The second-order valence-electron chi connectivity index (χ2n) is 4.93. The first-order chi connectivity index (χ1) is 9.02. The van der Waals surface area contributed by atoms with Gasteiger partial charge < -0.3 is 5.73 Å². The van der Waals surface area contributed by atoms with E-state index >= 15 is 0 Å². The highest BCUT2D eigenvalue weighted by Crippen LogP contribution is 2.12. The van der Waals surface area contributed by atoms with Gasteiger partial charge in [0.15, 0.2) is 0 Å². The smallest absolute Gasteiger partial charge is 0.126 e. The summed E-state index contributed by atoms with van der Waals surface area (Å²) in [5.41, 5.74) is 8.96. The van der Waals surface area contributed by atoms with Gasteiger partial charge in [-0.3, -0.25) is 0 Å². The van der Waals surface area contributed by atoms with Crippen LogP contribution in [0.15, 0.2) is 42.5 Å². The van der Waals surface area contributed by atoms with Crippen molar-refractivity contribution in [1.82, 2.24) is 0 Å². The van der Waals surface area contributed by atoms with Crippen LogP contribution in [0, 0.1) is 18.6 Å². The van der Waals surface area contributed by atoms with Crippen LogP contribution in [0.1, 0.15) is 16.7 Å². The number of hydrogen-bond acceptors (Lipinski definition) is 1. The predicted octanol–water partition coefficient (Wildman–Crippen LogP) is 3.39. The van der Waals surface area contributed by atoms with Gasteiger partial charge in [-0.2, -0.15) is 0 Å². The van der Waals surface area contributed by atoms with Crippen LogP contribution in [-0.2, 0) is 12.8 Å². The molecule has 0 aliphatic carbocycles. The van der Waals surface area contributed by atoms with Gasteiger partial charge in [0.1, 0.15) is 11.6 Å². The summed E-state index contributed by atoms with van der Waals surface area (Å²) in [7, 11) is 0. The summed E-state index contributed by atoms with van der Waals surface area (Å²) in [5, 5.41) is 0. The van der Waals surface area contributed by atoms with Crippen LogP contribution in [0.3, 0.4) is 0 Å². The highest BCUT2D eigenvalue weighted by Gasteiger charge is 2.08. The van der Waals surface area contributed by atoms with Gasteiger partial charge in [0, 0.05) is 12.1 Å². The summed E-state index contributed by atoms with van der Waals surface area (Å²) >= 11 is 0. The van der Waals surface area contributed by atoms with Crippen molar-refractivity contribution in [2.45, 2.75) is 25.8 Å². The average Bonchev–Trinajstić information content (AvgIpc) is 2.30. The normalized spacial score (nSPS) is 12.4. The minimum absolute atomic E-state index is 0.149. The van der Waals surface area contributed by atoms with Gasteiger partial charge in [-0.1, -0.05) is 29.8 Å². The molecule has 0 bridgehead atoms. The SMILES string of the molecule is Cc1ccc(CC(N)Cc2cc(F)cc(F)c2)cc1. The summed E-state index contributed by atoms with van der Waals surface area (Å²) in [6.07, 6.45) is 1.15. The quantitative estimate of drug-likeness (QED) is 0.897. The van der Waals surface area contributed by atoms with Crippen molar-refractivity contribution in [2.75, 3.05) is 0 Å². The molecule has 0 saturated carbocycles. The molecule has 0 spiro atoms. The molecule has 0 aromatic heterocycles. The van der Waals surface area contributed by atoms with Crippen LogP contribution in [0.5, 0.6) is 0 Å². The Hall–Kier alpha value is -1.74. The third kappa shape index (κ3) is 4.14. The molecule has 0 aliphatic rings. The first kappa shape index (κ1) is 13.7. The third-order valence-corrected chi connectivity index (χ3v) is 3.04. The Morgan fingerprint density at radius 1 is 0.895 bits per heavy atom. The van der Waals surface area contributed by atoms with Gasteiger partial charge in [0.2, 0.25) is 0 Å². The lowest BCUT2D eigenvalue weighted by molar-refractivity contribution is 0.574. The standard InChI is InChI=1S/C16H17F2N/c1-11-2-4-12(5-3-11)8-16(19)9-13-6-14(17)10-15(18)7-13/h2-7,10,16H,8-9,19H2,1H3. The van der Waals surface area contributed by atoms with Crippen molar-refractivity contribution in [3.05, 3.63) is 70.8 Å². The van der Waals surface area contributed by atoms with Gasteiger partial charge in [-0.15, -0.1) is 0 Å². The summed E-state index contributed by atoms with van der Waals surface area (Å²) < 4.78 is 26.1. The molecule has 0 fully saturated rings. The fourth-order valence-corrected chi connectivity index (χ4v) is 2.13. The minimum Gasteiger partial charge on any atom is -0.327 e. The first-order valence-electron chi connectivity index (χ1n) is 6.29. The molecule has 0 saturated heterocycles. The van der Waals surface area contributed by atoms with Crippen molar-refractivity contribution < 1.29 is 8.78 Å². The number of nitrogens with two attached hydrogens (primary N) is 1. The van der Waals surface area contributed by atoms with E-state index in [1.165, 1.54) is 17.7 Å². The monoisotopic (exact) mass is 261 g/mol. The molecule has 0 radical (unpaired) electrons. The van der Waals surface area contributed by atoms with E-state index in [2.05, 4.69) is 0 Å². The summed E-state index contributed by atoms with van der Waals surface area (Å²) in [5.74, 6) is -1.12. The molecule has 2 rings (SSSR count). The maximum Gasteiger partial charge on any atom is 0.126 e. The van der Waals surface area contributed by atoms with Gasteiger partial charge >= 0.3 is 0 Å². The van der Waals surface area contributed by atoms with Gasteiger partial charge in [-0.25, -0.2) is 8.78 Å². The first-order valence-corrected chi connectivity index (χ1v) is 6.29. The lowest BCUT2D eigenvalue weighted by Crippen LogP contribution is -2.25. The van der Waals surface area contributed by atoms with E-state index in [1.807, 2.05) is 31.2 Å². The van der Waals surface area contributed by atoms with Crippen LogP contribution in [0.2, 0.25) is 0 Å². The Labute approximate surface area is 112 Å². The molecule has 1 nitrogen and oxygen atoms in total. The van der Waals surface area contributed by atoms with Crippen LogP contribution in [-0.4, -0.2) is 6.04 Å². The van der Waals surface area contributed by atoms with E-state index in [0.29, 0.717) is 18.4 Å². The summed E-state index contributed by atoms with van der Waals surface area (Å²) in [6, 6.07) is 11.5. The molecule has 2 aromatic carbocycles. The molecule has 3 heteroatoms. The van der Waals surface area contributed by atoms with Crippen LogP contribution < -0.4 is 5.73 Å². The highest BCUT2D eigenvalue weighted by molar-refractivity contribution is 5.23. The zero-order valence-electron chi connectivity index (χ0n) is 10.9. The Balaban J connectivity index is 2.00. The van der Waals surface area contributed by atoms with E-state index in [9.17, 15) is 8.78 Å². The Morgan fingerprint density at radius 2 is 1.42 bits per heavy atom. The van der Waals surface area contributed by atoms with Crippen LogP contribution in [0.4, 0.5) is 8.78 Å². The molecule has 2 aromatic rings. The van der Waals surface area contributed by atoms with E-state index in [-0.39, 0.29) is 6.04 Å². The molecular formula is C16H17F2N. The van der Waals surface area contributed by atoms with E-state index in [1.54, 1.807) is 0 Å². The van der Waals surface area contributed by atoms with Gasteiger partial charge in [0.25, 0.3) is 0 Å². The molecule has 2 N–H and O–H groups in total. The molecule has 19 heavy (non-hydrogen) atoms. The zero-order valence-corrected chi connectivity index (χ0v) is 10.9. The molecule has 0 aliphatic heterocycles. The van der Waals surface area contributed by atoms with Crippen LogP contribution >= 0.6 is 0 Å². The number of halogens is 2. The van der Waals surface area contributed by atoms with Crippen LogP contribution in [0.25, 0.3) is 0 Å². The second kappa shape index (κ2) is 5.93. The fraction of sp³-hybridized carbons (Fsp3) is 0.250. The Morgan fingerprint density at radius 3 is 2.00 bits per heavy atom. The van der Waals surface area contributed by atoms with Crippen molar-refractivity contribution in [1.29, 1.82) is 0 Å². The third-order valence-electron chi connectivity index (χ3n) is 3.04. The van der Waals surface area contributed by atoms with Crippen molar-refractivity contribution >= 4 is 0 Å². The number of hydrogen-bond donors (Lipinski definition) is 1. The van der Waals surface area contributed by atoms with E-state index in [0.717, 1.165) is 11.6 Å². The highest BCUT2D eigenvalue weighted by atomic mass is 19.1. The molecule has 100 valence electrons. The average molecular weight is 261 g/mol. The van der Waals surface area contributed by atoms with Gasteiger partial charge in [-0.05, 0) is 43.0 Å². The molecule has 1 atom stereocenters. The van der Waals surface area contributed by atoms with E-state index in [4.69, 9.17) is 5.73 Å². The number of rotatable bonds is 4. The maximum atomic E-state index is 13.1. The maximum absolute atomic E-state index is 13.1. The number of benzene rings is 2.